The van der Waals surface area contributed by atoms with E-state index in [4.69, 9.17) is 0 Å². The molecule has 0 aliphatic heterocycles. The standard InChI is InChI=1S/C14H26N4O2S/c1-7-15-11-8-12(16-10(2)9-21(6,19)20)18-13(17-11)14(3,4)5/h8,10H,7,9H2,1-6H3,(H2,15,16,17,18). The first-order valence-electron chi connectivity index (χ1n) is 7.09. The van der Waals surface area contributed by atoms with Gasteiger partial charge in [-0.05, 0) is 13.8 Å². The highest BCUT2D eigenvalue weighted by Crippen LogP contribution is 2.22. The third kappa shape index (κ3) is 6.29. The molecule has 7 heteroatoms. The predicted molar refractivity (Wildman–Crippen MR) is 87.7 cm³/mol. The molecular weight excluding hydrogens is 288 g/mol. The Morgan fingerprint density at radius 2 is 1.81 bits per heavy atom. The van der Waals surface area contributed by atoms with Gasteiger partial charge in [0.1, 0.15) is 27.3 Å². The monoisotopic (exact) mass is 314 g/mol. The number of nitrogens with zero attached hydrogens (tertiary/aromatic N) is 2. The third-order valence-corrected chi connectivity index (χ3v) is 3.81. The molecule has 1 aromatic rings. The van der Waals surface area contributed by atoms with Gasteiger partial charge >= 0.3 is 0 Å². The van der Waals surface area contributed by atoms with E-state index in [9.17, 15) is 8.42 Å². The summed E-state index contributed by atoms with van der Waals surface area (Å²) in [6.45, 7) is 10.7. The summed E-state index contributed by atoms with van der Waals surface area (Å²) in [6, 6.07) is 1.59. The highest BCUT2D eigenvalue weighted by Gasteiger charge is 2.20. The molecule has 0 aliphatic rings. The molecular formula is C14H26N4O2S. The maximum Gasteiger partial charge on any atom is 0.149 e. The first kappa shape index (κ1) is 17.7. The van der Waals surface area contributed by atoms with Gasteiger partial charge in [0.05, 0.1) is 5.75 Å². The van der Waals surface area contributed by atoms with Crippen LogP contribution >= 0.6 is 0 Å². The largest absolute Gasteiger partial charge is 0.370 e. The summed E-state index contributed by atoms with van der Waals surface area (Å²) in [6.07, 6.45) is 1.23. The van der Waals surface area contributed by atoms with E-state index >= 15 is 0 Å². The Kier molecular flexibility index (Phi) is 5.55. The van der Waals surface area contributed by atoms with Crippen LogP contribution in [0.2, 0.25) is 0 Å². The molecule has 1 rings (SSSR count). The van der Waals surface area contributed by atoms with Crippen molar-refractivity contribution < 1.29 is 8.42 Å². The van der Waals surface area contributed by atoms with Crippen LogP contribution in [0.1, 0.15) is 40.4 Å². The van der Waals surface area contributed by atoms with E-state index in [2.05, 4.69) is 20.6 Å². The second kappa shape index (κ2) is 6.60. The molecule has 1 aromatic heterocycles. The van der Waals surface area contributed by atoms with Gasteiger partial charge in [-0.2, -0.15) is 0 Å². The van der Waals surface area contributed by atoms with Crippen molar-refractivity contribution in [2.24, 2.45) is 0 Å². The lowest BCUT2D eigenvalue weighted by Crippen LogP contribution is -2.26. The van der Waals surface area contributed by atoms with Gasteiger partial charge in [-0.3, -0.25) is 0 Å². The lowest BCUT2D eigenvalue weighted by molar-refractivity contribution is 0.546. The average molecular weight is 314 g/mol. The fourth-order valence-corrected chi connectivity index (χ4v) is 2.87. The first-order valence-corrected chi connectivity index (χ1v) is 9.15. The fourth-order valence-electron chi connectivity index (χ4n) is 1.88. The van der Waals surface area contributed by atoms with Gasteiger partial charge in [-0.25, -0.2) is 18.4 Å². The van der Waals surface area contributed by atoms with E-state index in [1.165, 1.54) is 6.26 Å². The minimum atomic E-state index is -3.02. The van der Waals surface area contributed by atoms with Crippen molar-refractivity contribution >= 4 is 21.5 Å². The number of aromatic nitrogens is 2. The fraction of sp³-hybridized carbons (Fsp3) is 0.714. The Morgan fingerprint density at radius 1 is 1.24 bits per heavy atom. The van der Waals surface area contributed by atoms with Crippen LogP contribution in [-0.2, 0) is 15.3 Å². The molecule has 21 heavy (non-hydrogen) atoms. The van der Waals surface area contributed by atoms with Crippen LogP contribution < -0.4 is 10.6 Å². The average Bonchev–Trinajstić information content (AvgIpc) is 2.24. The molecule has 0 amide bonds. The maximum atomic E-state index is 11.3. The molecule has 0 aliphatic carbocycles. The Morgan fingerprint density at radius 3 is 2.29 bits per heavy atom. The quantitative estimate of drug-likeness (QED) is 0.836. The molecule has 0 bridgehead atoms. The van der Waals surface area contributed by atoms with E-state index < -0.39 is 9.84 Å². The molecule has 6 nitrogen and oxygen atoms in total. The third-order valence-electron chi connectivity index (χ3n) is 2.70. The van der Waals surface area contributed by atoms with Crippen molar-refractivity contribution in [1.29, 1.82) is 0 Å². The summed E-state index contributed by atoms with van der Waals surface area (Å²) < 4.78 is 22.7. The van der Waals surface area contributed by atoms with Crippen molar-refractivity contribution in [3.8, 4) is 0 Å². The molecule has 2 N–H and O–H groups in total. The molecule has 0 radical (unpaired) electrons. The molecule has 0 aromatic carbocycles. The summed E-state index contributed by atoms with van der Waals surface area (Å²) in [5.74, 6) is 2.17. The molecule has 0 spiro atoms. The highest BCUT2D eigenvalue weighted by molar-refractivity contribution is 7.90. The van der Waals surface area contributed by atoms with Gasteiger partial charge in [0.25, 0.3) is 0 Å². The van der Waals surface area contributed by atoms with Crippen molar-refractivity contribution in [3.63, 3.8) is 0 Å². The van der Waals surface area contributed by atoms with Crippen LogP contribution in [0.5, 0.6) is 0 Å². The molecule has 120 valence electrons. The van der Waals surface area contributed by atoms with Crippen LogP contribution in [0.15, 0.2) is 6.07 Å². The zero-order chi connectivity index (χ0) is 16.3. The number of nitrogens with one attached hydrogen (secondary N) is 2. The molecule has 1 unspecified atom stereocenters. The smallest absolute Gasteiger partial charge is 0.149 e. The van der Waals surface area contributed by atoms with Gasteiger partial charge in [-0.15, -0.1) is 0 Å². The number of anilines is 2. The Hall–Kier alpha value is -1.37. The summed E-state index contributed by atoms with van der Waals surface area (Å²) in [5, 5.41) is 6.31. The summed E-state index contributed by atoms with van der Waals surface area (Å²) >= 11 is 0. The summed E-state index contributed by atoms with van der Waals surface area (Å²) in [7, 11) is -3.02. The lowest BCUT2D eigenvalue weighted by atomic mass is 9.96. The normalized spacial score (nSPS) is 13.8. The van der Waals surface area contributed by atoms with Crippen molar-refractivity contribution in [2.45, 2.75) is 46.1 Å². The molecule has 1 heterocycles. The van der Waals surface area contributed by atoms with E-state index in [0.717, 1.165) is 18.2 Å². The SMILES string of the molecule is CCNc1cc(NC(C)CS(C)(=O)=O)nc(C(C)(C)C)n1. The highest BCUT2D eigenvalue weighted by atomic mass is 32.2. The van der Waals surface area contributed by atoms with Crippen LogP contribution in [0.3, 0.4) is 0 Å². The zero-order valence-electron chi connectivity index (χ0n) is 13.7. The topological polar surface area (TPSA) is 84.0 Å². The second-order valence-electron chi connectivity index (χ2n) is 6.38. The molecule has 0 saturated heterocycles. The molecule has 0 saturated carbocycles. The number of hydrogen-bond acceptors (Lipinski definition) is 6. The number of rotatable bonds is 6. The van der Waals surface area contributed by atoms with Crippen LogP contribution in [0.25, 0.3) is 0 Å². The van der Waals surface area contributed by atoms with Crippen LogP contribution in [0, 0.1) is 0 Å². The Balaban J connectivity index is 3.03. The molecule has 1 atom stereocenters. The Labute approximate surface area is 127 Å². The van der Waals surface area contributed by atoms with Gasteiger partial charge < -0.3 is 10.6 Å². The predicted octanol–water partition coefficient (Wildman–Crippen LogP) is 2.05. The molecule has 0 fully saturated rings. The maximum absolute atomic E-state index is 11.3. The lowest BCUT2D eigenvalue weighted by Gasteiger charge is -2.20. The minimum Gasteiger partial charge on any atom is -0.370 e. The zero-order valence-corrected chi connectivity index (χ0v) is 14.5. The number of sulfone groups is 1. The van der Waals surface area contributed by atoms with Gasteiger partial charge in [0.15, 0.2) is 0 Å². The van der Waals surface area contributed by atoms with Gasteiger partial charge in [0.2, 0.25) is 0 Å². The van der Waals surface area contributed by atoms with Crippen molar-refractivity contribution in [3.05, 3.63) is 11.9 Å². The van der Waals surface area contributed by atoms with Crippen LogP contribution in [0.4, 0.5) is 11.6 Å². The van der Waals surface area contributed by atoms with Gasteiger partial charge in [0, 0.05) is 30.3 Å². The van der Waals surface area contributed by atoms with Crippen molar-refractivity contribution in [1.82, 2.24) is 9.97 Å². The second-order valence-corrected chi connectivity index (χ2v) is 8.57. The van der Waals surface area contributed by atoms with E-state index in [0.29, 0.717) is 5.82 Å². The first-order chi connectivity index (χ1) is 9.51. The van der Waals surface area contributed by atoms with E-state index in [1.54, 1.807) is 6.07 Å². The van der Waals surface area contributed by atoms with E-state index in [1.807, 2.05) is 34.6 Å². The van der Waals surface area contributed by atoms with Gasteiger partial charge in [-0.1, -0.05) is 20.8 Å². The summed E-state index contributed by atoms with van der Waals surface area (Å²) in [4.78, 5) is 9.00. The number of hydrogen-bond donors (Lipinski definition) is 2. The van der Waals surface area contributed by atoms with Crippen molar-refractivity contribution in [2.75, 3.05) is 29.2 Å². The van der Waals surface area contributed by atoms with Crippen LogP contribution in [-0.4, -0.2) is 43.0 Å². The van der Waals surface area contributed by atoms with E-state index in [-0.39, 0.29) is 17.2 Å². The minimum absolute atomic E-state index is 0.0679. The Bertz CT molecular complexity index is 579. The summed E-state index contributed by atoms with van der Waals surface area (Å²) in [5.41, 5.74) is -0.179.